The van der Waals surface area contributed by atoms with E-state index < -0.39 is 5.97 Å². The summed E-state index contributed by atoms with van der Waals surface area (Å²) < 4.78 is 0. The molecule has 3 atom stereocenters. The van der Waals surface area contributed by atoms with E-state index in [4.69, 9.17) is 5.11 Å². The molecule has 1 saturated heterocycles. The van der Waals surface area contributed by atoms with Gasteiger partial charge in [-0.2, -0.15) is 11.8 Å². The predicted octanol–water partition coefficient (Wildman–Crippen LogP) is 1.19. The SMILES string of the molecule is CC(C)NC1C(C)SCC1C(=O)O. The van der Waals surface area contributed by atoms with Gasteiger partial charge >= 0.3 is 5.97 Å². The standard InChI is InChI=1S/C9H17NO2S/c1-5(2)10-8-6(3)13-4-7(8)9(11)12/h5-8,10H,4H2,1-3H3,(H,11,12). The van der Waals surface area contributed by atoms with Crippen LogP contribution >= 0.6 is 11.8 Å². The van der Waals surface area contributed by atoms with Crippen molar-refractivity contribution in [2.24, 2.45) is 5.92 Å². The van der Waals surface area contributed by atoms with Crippen LogP contribution in [-0.4, -0.2) is 34.2 Å². The molecule has 0 radical (unpaired) electrons. The highest BCUT2D eigenvalue weighted by molar-refractivity contribution is 8.00. The van der Waals surface area contributed by atoms with Gasteiger partial charge in [0.25, 0.3) is 0 Å². The average Bonchev–Trinajstić information content (AvgIpc) is 2.32. The van der Waals surface area contributed by atoms with Crippen LogP contribution in [0, 0.1) is 5.92 Å². The molecule has 0 bridgehead atoms. The van der Waals surface area contributed by atoms with Gasteiger partial charge in [-0.3, -0.25) is 4.79 Å². The van der Waals surface area contributed by atoms with Gasteiger partial charge in [0.2, 0.25) is 0 Å². The van der Waals surface area contributed by atoms with Gasteiger partial charge in [0.15, 0.2) is 0 Å². The van der Waals surface area contributed by atoms with Crippen molar-refractivity contribution in [3.05, 3.63) is 0 Å². The molecular weight excluding hydrogens is 186 g/mol. The molecule has 0 aliphatic carbocycles. The molecule has 1 aliphatic heterocycles. The van der Waals surface area contributed by atoms with Crippen molar-refractivity contribution in [2.45, 2.75) is 38.1 Å². The Morgan fingerprint density at radius 1 is 1.62 bits per heavy atom. The molecule has 2 N–H and O–H groups in total. The fourth-order valence-electron chi connectivity index (χ4n) is 1.65. The second-order valence-electron chi connectivity index (χ2n) is 3.83. The smallest absolute Gasteiger partial charge is 0.308 e. The van der Waals surface area contributed by atoms with Crippen LogP contribution in [-0.2, 0) is 4.79 Å². The maximum Gasteiger partial charge on any atom is 0.308 e. The number of hydrogen-bond acceptors (Lipinski definition) is 3. The zero-order chi connectivity index (χ0) is 10.0. The van der Waals surface area contributed by atoms with Gasteiger partial charge < -0.3 is 10.4 Å². The molecule has 1 rings (SSSR count). The molecule has 0 aromatic carbocycles. The molecule has 13 heavy (non-hydrogen) atoms. The Balaban J connectivity index is 2.60. The first-order valence-corrected chi connectivity index (χ1v) is 5.67. The number of nitrogens with one attached hydrogen (secondary N) is 1. The first-order valence-electron chi connectivity index (χ1n) is 4.63. The lowest BCUT2D eigenvalue weighted by Crippen LogP contribution is -2.45. The summed E-state index contributed by atoms with van der Waals surface area (Å²) in [6.45, 7) is 6.19. The van der Waals surface area contributed by atoms with E-state index in [0.717, 1.165) is 5.75 Å². The first kappa shape index (κ1) is 10.9. The summed E-state index contributed by atoms with van der Waals surface area (Å²) >= 11 is 1.74. The molecule has 0 saturated carbocycles. The van der Waals surface area contributed by atoms with Gasteiger partial charge in [-0.05, 0) is 0 Å². The van der Waals surface area contributed by atoms with Crippen molar-refractivity contribution < 1.29 is 9.90 Å². The lowest BCUT2D eigenvalue weighted by molar-refractivity contribution is -0.141. The number of rotatable bonds is 3. The monoisotopic (exact) mass is 203 g/mol. The van der Waals surface area contributed by atoms with E-state index >= 15 is 0 Å². The highest BCUT2D eigenvalue weighted by atomic mass is 32.2. The molecule has 1 aliphatic rings. The second-order valence-corrected chi connectivity index (χ2v) is 5.24. The van der Waals surface area contributed by atoms with Crippen molar-refractivity contribution in [1.82, 2.24) is 5.32 Å². The van der Waals surface area contributed by atoms with Crippen LogP contribution in [0.15, 0.2) is 0 Å². The number of aliphatic carboxylic acids is 1. The molecule has 1 fully saturated rings. The summed E-state index contributed by atoms with van der Waals surface area (Å²) in [6.07, 6.45) is 0. The molecule has 4 heteroatoms. The summed E-state index contributed by atoms with van der Waals surface area (Å²) in [4.78, 5) is 10.9. The summed E-state index contributed by atoms with van der Waals surface area (Å²) in [5.74, 6) is -0.154. The van der Waals surface area contributed by atoms with E-state index in [1.807, 2.05) is 0 Å². The third-order valence-electron chi connectivity index (χ3n) is 2.32. The summed E-state index contributed by atoms with van der Waals surface area (Å²) in [7, 11) is 0. The van der Waals surface area contributed by atoms with E-state index in [-0.39, 0.29) is 12.0 Å². The largest absolute Gasteiger partial charge is 0.481 e. The van der Waals surface area contributed by atoms with E-state index in [2.05, 4.69) is 26.1 Å². The van der Waals surface area contributed by atoms with E-state index in [1.165, 1.54) is 0 Å². The zero-order valence-electron chi connectivity index (χ0n) is 8.28. The summed E-state index contributed by atoms with van der Waals surface area (Å²) in [5, 5.41) is 12.7. The van der Waals surface area contributed by atoms with Gasteiger partial charge in [0.05, 0.1) is 5.92 Å². The van der Waals surface area contributed by atoms with Gasteiger partial charge in [-0.15, -0.1) is 0 Å². The fraction of sp³-hybridized carbons (Fsp3) is 0.889. The Bertz CT molecular complexity index is 196. The molecule has 0 aromatic rings. The maximum absolute atomic E-state index is 10.9. The summed E-state index contributed by atoms with van der Waals surface area (Å²) in [6, 6.07) is 0.482. The van der Waals surface area contributed by atoms with Crippen molar-refractivity contribution in [3.8, 4) is 0 Å². The minimum atomic E-state index is -0.671. The quantitative estimate of drug-likeness (QED) is 0.723. The zero-order valence-corrected chi connectivity index (χ0v) is 9.10. The van der Waals surface area contributed by atoms with E-state index in [9.17, 15) is 4.79 Å². The van der Waals surface area contributed by atoms with Crippen LogP contribution in [0.5, 0.6) is 0 Å². The van der Waals surface area contributed by atoms with Crippen molar-refractivity contribution in [2.75, 3.05) is 5.75 Å². The number of thioether (sulfide) groups is 1. The van der Waals surface area contributed by atoms with Crippen molar-refractivity contribution in [1.29, 1.82) is 0 Å². The molecule has 0 aromatic heterocycles. The summed E-state index contributed by atoms with van der Waals surface area (Å²) in [5.41, 5.74) is 0. The minimum absolute atomic E-state index is 0.127. The Kier molecular flexibility index (Phi) is 3.62. The molecule has 3 unspecified atom stereocenters. The highest BCUT2D eigenvalue weighted by Gasteiger charge is 2.38. The Morgan fingerprint density at radius 3 is 2.69 bits per heavy atom. The predicted molar refractivity (Wildman–Crippen MR) is 55.1 cm³/mol. The van der Waals surface area contributed by atoms with Crippen LogP contribution in [0.3, 0.4) is 0 Å². The number of carboxylic acid groups (broad SMARTS) is 1. The first-order chi connectivity index (χ1) is 6.02. The number of carboxylic acids is 1. The van der Waals surface area contributed by atoms with Crippen LogP contribution in [0.4, 0.5) is 0 Å². The minimum Gasteiger partial charge on any atom is -0.481 e. The topological polar surface area (TPSA) is 49.3 Å². The Labute approximate surface area is 83.3 Å². The maximum atomic E-state index is 10.9. The van der Waals surface area contributed by atoms with Gasteiger partial charge in [0.1, 0.15) is 0 Å². The van der Waals surface area contributed by atoms with Crippen LogP contribution < -0.4 is 5.32 Å². The van der Waals surface area contributed by atoms with Gasteiger partial charge in [-0.25, -0.2) is 0 Å². The highest BCUT2D eigenvalue weighted by Crippen LogP contribution is 2.31. The molecule has 0 spiro atoms. The third-order valence-corrected chi connectivity index (χ3v) is 3.69. The van der Waals surface area contributed by atoms with Crippen molar-refractivity contribution in [3.63, 3.8) is 0 Å². The normalized spacial score (nSPS) is 34.0. The molecule has 76 valence electrons. The number of carbonyl (C=O) groups is 1. The van der Waals surface area contributed by atoms with Gasteiger partial charge in [0, 0.05) is 23.1 Å². The molecular formula is C9H17NO2S. The lowest BCUT2D eigenvalue weighted by atomic mass is 9.99. The van der Waals surface area contributed by atoms with Crippen LogP contribution in [0.2, 0.25) is 0 Å². The van der Waals surface area contributed by atoms with E-state index in [1.54, 1.807) is 11.8 Å². The molecule has 1 heterocycles. The average molecular weight is 203 g/mol. The Hall–Kier alpha value is -0.220. The van der Waals surface area contributed by atoms with Crippen molar-refractivity contribution >= 4 is 17.7 Å². The second kappa shape index (κ2) is 4.33. The molecule has 0 amide bonds. The van der Waals surface area contributed by atoms with Crippen LogP contribution in [0.25, 0.3) is 0 Å². The fourth-order valence-corrected chi connectivity index (χ4v) is 2.99. The lowest BCUT2D eigenvalue weighted by Gasteiger charge is -2.23. The molecule has 3 nitrogen and oxygen atoms in total. The third kappa shape index (κ3) is 2.61. The Morgan fingerprint density at radius 2 is 2.23 bits per heavy atom. The van der Waals surface area contributed by atoms with Gasteiger partial charge in [-0.1, -0.05) is 20.8 Å². The van der Waals surface area contributed by atoms with Crippen LogP contribution in [0.1, 0.15) is 20.8 Å². The van der Waals surface area contributed by atoms with E-state index in [0.29, 0.717) is 11.3 Å². The number of hydrogen-bond donors (Lipinski definition) is 2.